The number of rotatable bonds is 9. The van der Waals surface area contributed by atoms with Crippen LogP contribution in [0, 0.1) is 20.8 Å². The molecule has 0 saturated carbocycles. The molecule has 0 atom stereocenters. The van der Waals surface area contributed by atoms with Crippen molar-refractivity contribution in [2.24, 2.45) is 10.7 Å². The lowest BCUT2D eigenvalue weighted by Gasteiger charge is -2.12. The summed E-state index contributed by atoms with van der Waals surface area (Å²) in [4.78, 5) is 14.3. The zero-order valence-electron chi connectivity index (χ0n) is 22.3. The van der Waals surface area contributed by atoms with Gasteiger partial charge >= 0.3 is 0 Å². The highest BCUT2D eigenvalue weighted by molar-refractivity contribution is 6.01. The Hall–Kier alpha value is -3.83. The van der Waals surface area contributed by atoms with Gasteiger partial charge in [-0.25, -0.2) is 9.97 Å². The molecular weight excluding hydrogens is 442 g/mol. The molecule has 0 unspecified atom stereocenters. The maximum atomic E-state index is 5.91. The standard InChI is InChI=1S/C31H37N5/c1-7-8-26(19-32)18-24(5)35-30(28-13-9-21(2)10-14-28)25(6)29-15-16-33-31(36-29)34-20-27-12-11-22(3)23(4)17-27/h7-18H,19-20,32H2,1-6H3,(H,33,34,36)/b8-7-,26-18+,30-25+,35-24+. The molecule has 0 aliphatic heterocycles. The van der Waals surface area contributed by atoms with E-state index in [2.05, 4.69) is 80.5 Å². The maximum absolute atomic E-state index is 5.91. The van der Waals surface area contributed by atoms with Crippen LogP contribution in [0.25, 0.3) is 11.3 Å². The van der Waals surface area contributed by atoms with E-state index in [1.165, 1.54) is 22.3 Å². The predicted octanol–water partition coefficient (Wildman–Crippen LogP) is 6.82. The fourth-order valence-electron chi connectivity index (χ4n) is 3.81. The van der Waals surface area contributed by atoms with Crippen molar-refractivity contribution in [1.82, 2.24) is 9.97 Å². The van der Waals surface area contributed by atoms with Crippen LogP contribution in [0.4, 0.5) is 5.95 Å². The molecule has 0 fully saturated rings. The second-order valence-corrected chi connectivity index (χ2v) is 9.05. The number of anilines is 1. The maximum Gasteiger partial charge on any atom is 0.223 e. The van der Waals surface area contributed by atoms with Gasteiger partial charge in [0.2, 0.25) is 5.95 Å². The Morgan fingerprint density at radius 2 is 1.75 bits per heavy atom. The van der Waals surface area contributed by atoms with E-state index in [0.29, 0.717) is 19.0 Å². The van der Waals surface area contributed by atoms with Gasteiger partial charge in [0.1, 0.15) is 0 Å². The Kier molecular flexibility index (Phi) is 9.48. The van der Waals surface area contributed by atoms with Gasteiger partial charge in [-0.15, -0.1) is 0 Å². The van der Waals surface area contributed by atoms with Gasteiger partial charge in [-0.05, 0) is 75.9 Å². The van der Waals surface area contributed by atoms with E-state index in [9.17, 15) is 0 Å². The van der Waals surface area contributed by atoms with Crippen LogP contribution in [0.3, 0.4) is 0 Å². The monoisotopic (exact) mass is 479 g/mol. The molecule has 5 heteroatoms. The first-order valence-corrected chi connectivity index (χ1v) is 12.3. The van der Waals surface area contributed by atoms with Crippen LogP contribution < -0.4 is 11.1 Å². The average molecular weight is 480 g/mol. The van der Waals surface area contributed by atoms with Crippen LogP contribution in [0.2, 0.25) is 0 Å². The number of allylic oxidation sites excluding steroid dienone is 3. The van der Waals surface area contributed by atoms with Gasteiger partial charge in [-0.2, -0.15) is 0 Å². The van der Waals surface area contributed by atoms with Crippen molar-refractivity contribution < 1.29 is 0 Å². The van der Waals surface area contributed by atoms with Crippen molar-refractivity contribution in [2.45, 2.75) is 48.1 Å². The number of hydrogen-bond donors (Lipinski definition) is 2. The van der Waals surface area contributed by atoms with Crippen LogP contribution in [0.1, 0.15) is 54.3 Å². The third kappa shape index (κ3) is 7.33. The SMILES string of the molecule is C\C=C/C(=C\C(C)=N\C(=C(/C)c1ccnc(NCc2ccc(C)c(C)c2)n1)c1ccc(C)cc1)CN. The average Bonchev–Trinajstić information content (AvgIpc) is 2.88. The van der Waals surface area contributed by atoms with E-state index < -0.39 is 0 Å². The molecule has 186 valence electrons. The molecule has 0 radical (unpaired) electrons. The summed E-state index contributed by atoms with van der Waals surface area (Å²) < 4.78 is 0. The van der Waals surface area contributed by atoms with Crippen molar-refractivity contribution >= 4 is 22.9 Å². The number of nitrogens with one attached hydrogen (secondary N) is 1. The van der Waals surface area contributed by atoms with E-state index in [1.54, 1.807) is 6.20 Å². The number of hydrogen-bond acceptors (Lipinski definition) is 5. The van der Waals surface area contributed by atoms with E-state index in [-0.39, 0.29) is 0 Å². The Labute approximate surface area is 215 Å². The highest BCUT2D eigenvalue weighted by Gasteiger charge is 2.11. The molecule has 3 N–H and O–H groups in total. The molecule has 0 aliphatic carbocycles. The minimum absolute atomic E-state index is 0.460. The third-order valence-electron chi connectivity index (χ3n) is 6.04. The van der Waals surface area contributed by atoms with E-state index in [0.717, 1.165) is 33.8 Å². The van der Waals surface area contributed by atoms with Gasteiger partial charge in [0.05, 0.1) is 11.4 Å². The molecule has 2 aromatic carbocycles. The molecule has 0 aliphatic rings. The molecule has 0 spiro atoms. The number of aromatic nitrogens is 2. The van der Waals surface area contributed by atoms with Crippen LogP contribution in [0.5, 0.6) is 0 Å². The molecule has 0 amide bonds. The number of nitrogens with two attached hydrogens (primary N) is 1. The van der Waals surface area contributed by atoms with Gasteiger partial charge in [-0.3, -0.25) is 4.99 Å². The lowest BCUT2D eigenvalue weighted by Crippen LogP contribution is -2.05. The smallest absolute Gasteiger partial charge is 0.223 e. The fourth-order valence-corrected chi connectivity index (χ4v) is 3.81. The number of benzene rings is 2. The van der Waals surface area contributed by atoms with E-state index >= 15 is 0 Å². The number of aryl methyl sites for hydroxylation is 3. The summed E-state index contributed by atoms with van der Waals surface area (Å²) in [5, 5.41) is 3.37. The molecule has 1 heterocycles. The molecule has 3 rings (SSSR count). The van der Waals surface area contributed by atoms with Crippen molar-refractivity contribution in [3.05, 3.63) is 112 Å². The molecule has 0 bridgehead atoms. The first kappa shape index (κ1) is 26.8. The lowest BCUT2D eigenvalue weighted by atomic mass is 10.0. The normalized spacial score (nSPS) is 13.2. The minimum atomic E-state index is 0.460. The van der Waals surface area contributed by atoms with Crippen LogP contribution >= 0.6 is 0 Å². The fraction of sp³-hybridized carbons (Fsp3) is 0.258. The first-order chi connectivity index (χ1) is 17.3. The second kappa shape index (κ2) is 12.8. The summed E-state index contributed by atoms with van der Waals surface area (Å²) in [6, 6.07) is 16.8. The number of aliphatic imine (C=N–C) groups is 1. The topological polar surface area (TPSA) is 76.2 Å². The summed E-state index contributed by atoms with van der Waals surface area (Å²) in [5.74, 6) is 0.590. The summed E-state index contributed by atoms with van der Waals surface area (Å²) in [5.41, 5.74) is 16.5. The predicted molar refractivity (Wildman–Crippen MR) is 154 cm³/mol. The van der Waals surface area contributed by atoms with Crippen molar-refractivity contribution in [1.29, 1.82) is 0 Å². The molecule has 0 saturated heterocycles. The van der Waals surface area contributed by atoms with Gasteiger partial charge < -0.3 is 11.1 Å². The summed E-state index contributed by atoms with van der Waals surface area (Å²) >= 11 is 0. The highest BCUT2D eigenvalue weighted by Crippen LogP contribution is 2.27. The molecular formula is C31H37N5. The second-order valence-electron chi connectivity index (χ2n) is 9.05. The van der Waals surface area contributed by atoms with Crippen LogP contribution in [-0.4, -0.2) is 22.2 Å². The Bertz CT molecular complexity index is 1310. The summed E-state index contributed by atoms with van der Waals surface area (Å²) in [6.45, 7) is 13.5. The van der Waals surface area contributed by atoms with E-state index in [4.69, 9.17) is 15.7 Å². The van der Waals surface area contributed by atoms with Gasteiger partial charge in [-0.1, -0.05) is 60.2 Å². The first-order valence-electron chi connectivity index (χ1n) is 12.3. The largest absolute Gasteiger partial charge is 0.350 e. The Morgan fingerprint density at radius 1 is 1.00 bits per heavy atom. The molecule has 36 heavy (non-hydrogen) atoms. The molecule has 5 nitrogen and oxygen atoms in total. The van der Waals surface area contributed by atoms with Gasteiger partial charge in [0, 0.05) is 36.1 Å². The van der Waals surface area contributed by atoms with Crippen molar-refractivity contribution in [2.75, 3.05) is 11.9 Å². The molecule has 1 aromatic heterocycles. The zero-order valence-corrected chi connectivity index (χ0v) is 22.3. The minimum Gasteiger partial charge on any atom is -0.350 e. The quantitative estimate of drug-likeness (QED) is 0.261. The van der Waals surface area contributed by atoms with Gasteiger partial charge in [0.25, 0.3) is 0 Å². The Morgan fingerprint density at radius 3 is 2.42 bits per heavy atom. The number of nitrogens with zero attached hydrogens (tertiary/aromatic N) is 3. The summed E-state index contributed by atoms with van der Waals surface area (Å²) in [7, 11) is 0. The van der Waals surface area contributed by atoms with Crippen molar-refractivity contribution in [3.63, 3.8) is 0 Å². The van der Waals surface area contributed by atoms with Crippen LogP contribution in [-0.2, 0) is 6.54 Å². The van der Waals surface area contributed by atoms with E-state index in [1.807, 2.05) is 38.1 Å². The highest BCUT2D eigenvalue weighted by atomic mass is 15.1. The van der Waals surface area contributed by atoms with Gasteiger partial charge in [0.15, 0.2) is 0 Å². The van der Waals surface area contributed by atoms with Crippen molar-refractivity contribution in [3.8, 4) is 0 Å². The third-order valence-corrected chi connectivity index (χ3v) is 6.04. The lowest BCUT2D eigenvalue weighted by molar-refractivity contribution is 1.04. The summed E-state index contributed by atoms with van der Waals surface area (Å²) in [6.07, 6.45) is 7.81. The Balaban J connectivity index is 1.98. The molecule has 3 aromatic rings. The van der Waals surface area contributed by atoms with Crippen LogP contribution in [0.15, 0.2) is 83.5 Å². The zero-order chi connectivity index (χ0) is 26.1.